The summed E-state index contributed by atoms with van der Waals surface area (Å²) in [4.78, 5) is 15.6. The maximum atomic E-state index is 11.1. The quantitative estimate of drug-likeness (QED) is 0.898. The number of rotatable bonds is 5. The number of carboxylic acids is 1. The van der Waals surface area contributed by atoms with Gasteiger partial charge in [-0.2, -0.15) is 4.98 Å². The van der Waals surface area contributed by atoms with E-state index in [2.05, 4.69) is 10.1 Å². The molecule has 116 valence electrons. The molecule has 1 aliphatic heterocycles. The van der Waals surface area contributed by atoms with E-state index in [1.165, 1.54) is 0 Å². The summed E-state index contributed by atoms with van der Waals surface area (Å²) in [6.07, 6.45) is 6.71. The summed E-state index contributed by atoms with van der Waals surface area (Å²) in [5.41, 5.74) is -0.189. The van der Waals surface area contributed by atoms with Crippen molar-refractivity contribution in [2.45, 2.75) is 57.3 Å². The highest BCUT2D eigenvalue weighted by Crippen LogP contribution is 2.43. The minimum absolute atomic E-state index is 0.189. The van der Waals surface area contributed by atoms with Crippen molar-refractivity contribution in [3.05, 3.63) is 11.7 Å². The fourth-order valence-corrected chi connectivity index (χ4v) is 3.64. The van der Waals surface area contributed by atoms with Crippen LogP contribution in [0, 0.1) is 5.41 Å². The molecule has 0 spiro atoms. The molecule has 6 heteroatoms. The van der Waals surface area contributed by atoms with E-state index in [1.54, 1.807) is 0 Å². The Morgan fingerprint density at radius 1 is 1.29 bits per heavy atom. The standard InChI is InChI=1S/C15H22N2O4/c18-13(19)10-15(5-1-2-6-15)9-12-16-14(17-21-12)11-3-7-20-8-4-11/h11H,1-10H2,(H,18,19). The number of hydrogen-bond acceptors (Lipinski definition) is 5. The van der Waals surface area contributed by atoms with E-state index >= 15 is 0 Å². The lowest BCUT2D eigenvalue weighted by molar-refractivity contribution is -0.139. The minimum atomic E-state index is -0.735. The van der Waals surface area contributed by atoms with Crippen LogP contribution in [0.25, 0.3) is 0 Å². The predicted octanol–water partition coefficient (Wildman–Crippen LogP) is 2.54. The van der Waals surface area contributed by atoms with Crippen LogP contribution in [0.2, 0.25) is 0 Å². The van der Waals surface area contributed by atoms with Crippen LogP contribution in [0.15, 0.2) is 4.52 Å². The van der Waals surface area contributed by atoms with Crippen LogP contribution < -0.4 is 0 Å². The zero-order valence-electron chi connectivity index (χ0n) is 12.2. The van der Waals surface area contributed by atoms with Crippen LogP contribution in [0.5, 0.6) is 0 Å². The first-order valence-electron chi connectivity index (χ1n) is 7.79. The lowest BCUT2D eigenvalue weighted by atomic mass is 9.79. The fraction of sp³-hybridized carbons (Fsp3) is 0.800. The molecule has 1 saturated carbocycles. The molecule has 1 aromatic heterocycles. The van der Waals surface area contributed by atoms with Gasteiger partial charge in [0.25, 0.3) is 0 Å². The van der Waals surface area contributed by atoms with Crippen molar-refractivity contribution in [1.82, 2.24) is 10.1 Å². The van der Waals surface area contributed by atoms with E-state index < -0.39 is 5.97 Å². The predicted molar refractivity (Wildman–Crippen MR) is 73.9 cm³/mol. The summed E-state index contributed by atoms with van der Waals surface area (Å²) in [5.74, 6) is 0.938. The van der Waals surface area contributed by atoms with Crippen LogP contribution in [0.1, 0.15) is 62.6 Å². The smallest absolute Gasteiger partial charge is 0.303 e. The average molecular weight is 294 g/mol. The van der Waals surface area contributed by atoms with Gasteiger partial charge in [-0.25, -0.2) is 0 Å². The molecule has 3 rings (SSSR count). The van der Waals surface area contributed by atoms with E-state index in [0.29, 0.717) is 18.2 Å². The zero-order valence-corrected chi connectivity index (χ0v) is 12.2. The van der Waals surface area contributed by atoms with Crippen molar-refractivity contribution in [2.75, 3.05) is 13.2 Å². The van der Waals surface area contributed by atoms with E-state index in [-0.39, 0.29) is 11.8 Å². The summed E-state index contributed by atoms with van der Waals surface area (Å²) in [6, 6.07) is 0. The Labute approximate surface area is 123 Å². The summed E-state index contributed by atoms with van der Waals surface area (Å²) in [5, 5.41) is 13.2. The highest BCUT2D eigenvalue weighted by atomic mass is 16.5. The second-order valence-electron chi connectivity index (χ2n) is 6.39. The third-order valence-electron chi connectivity index (χ3n) is 4.79. The van der Waals surface area contributed by atoms with Gasteiger partial charge in [-0.05, 0) is 31.1 Å². The molecular weight excluding hydrogens is 272 g/mol. The molecule has 0 atom stereocenters. The van der Waals surface area contributed by atoms with Gasteiger partial charge < -0.3 is 14.4 Å². The number of aromatic nitrogens is 2. The van der Waals surface area contributed by atoms with Crippen molar-refractivity contribution in [1.29, 1.82) is 0 Å². The van der Waals surface area contributed by atoms with E-state index in [1.807, 2.05) is 0 Å². The molecule has 0 unspecified atom stereocenters. The fourth-order valence-electron chi connectivity index (χ4n) is 3.64. The summed E-state index contributed by atoms with van der Waals surface area (Å²) >= 11 is 0. The third kappa shape index (κ3) is 3.43. The monoisotopic (exact) mass is 294 g/mol. The lowest BCUT2D eigenvalue weighted by Gasteiger charge is -2.24. The number of carboxylic acid groups (broad SMARTS) is 1. The Kier molecular flexibility index (Phi) is 4.24. The molecule has 2 heterocycles. The Morgan fingerprint density at radius 2 is 2.00 bits per heavy atom. The zero-order chi connectivity index (χ0) is 14.7. The van der Waals surface area contributed by atoms with E-state index in [9.17, 15) is 4.79 Å². The van der Waals surface area contributed by atoms with Gasteiger partial charge in [0, 0.05) is 25.6 Å². The van der Waals surface area contributed by atoms with Gasteiger partial charge in [-0.1, -0.05) is 18.0 Å². The molecule has 1 aromatic rings. The van der Waals surface area contributed by atoms with Gasteiger partial charge in [0.1, 0.15) is 0 Å². The van der Waals surface area contributed by atoms with Crippen LogP contribution in [0.3, 0.4) is 0 Å². The molecule has 1 saturated heterocycles. The molecule has 2 aliphatic rings. The highest BCUT2D eigenvalue weighted by molar-refractivity contribution is 5.67. The van der Waals surface area contributed by atoms with Crippen molar-refractivity contribution in [3.8, 4) is 0 Å². The molecule has 2 fully saturated rings. The molecule has 0 radical (unpaired) electrons. The van der Waals surface area contributed by atoms with Gasteiger partial charge >= 0.3 is 5.97 Å². The SMILES string of the molecule is O=C(O)CC1(Cc2nc(C3CCOCC3)no2)CCCC1. The van der Waals surface area contributed by atoms with Gasteiger partial charge in [-0.3, -0.25) is 4.79 Å². The van der Waals surface area contributed by atoms with Crippen molar-refractivity contribution in [3.63, 3.8) is 0 Å². The van der Waals surface area contributed by atoms with Crippen LogP contribution in [0.4, 0.5) is 0 Å². The second-order valence-corrected chi connectivity index (χ2v) is 6.39. The minimum Gasteiger partial charge on any atom is -0.481 e. The highest BCUT2D eigenvalue weighted by Gasteiger charge is 2.38. The summed E-state index contributed by atoms with van der Waals surface area (Å²) in [6.45, 7) is 1.50. The molecule has 1 aliphatic carbocycles. The number of nitrogens with zero attached hydrogens (tertiary/aromatic N) is 2. The van der Waals surface area contributed by atoms with Gasteiger partial charge in [0.05, 0.1) is 6.42 Å². The van der Waals surface area contributed by atoms with Crippen molar-refractivity contribution in [2.24, 2.45) is 5.41 Å². The van der Waals surface area contributed by atoms with E-state index in [0.717, 1.165) is 57.6 Å². The Morgan fingerprint density at radius 3 is 2.67 bits per heavy atom. The number of hydrogen-bond donors (Lipinski definition) is 1. The molecule has 1 N–H and O–H groups in total. The summed E-state index contributed by atoms with van der Waals surface area (Å²) in [7, 11) is 0. The molecule has 6 nitrogen and oxygen atoms in total. The maximum Gasteiger partial charge on any atom is 0.303 e. The molecule has 0 bridgehead atoms. The molecule has 0 aromatic carbocycles. The average Bonchev–Trinajstić information content (AvgIpc) is 3.09. The number of carbonyl (C=O) groups is 1. The first-order chi connectivity index (χ1) is 10.2. The van der Waals surface area contributed by atoms with Crippen LogP contribution in [-0.2, 0) is 16.0 Å². The van der Waals surface area contributed by atoms with Gasteiger partial charge in [-0.15, -0.1) is 0 Å². The van der Waals surface area contributed by atoms with Crippen molar-refractivity contribution < 1.29 is 19.2 Å². The normalized spacial score (nSPS) is 22.5. The third-order valence-corrected chi connectivity index (χ3v) is 4.79. The Bertz CT molecular complexity index is 488. The van der Waals surface area contributed by atoms with Gasteiger partial charge in [0.2, 0.25) is 5.89 Å². The second kappa shape index (κ2) is 6.13. The molecule has 0 amide bonds. The topological polar surface area (TPSA) is 85.5 Å². The first kappa shape index (κ1) is 14.5. The number of ether oxygens (including phenoxy) is 1. The van der Waals surface area contributed by atoms with Gasteiger partial charge in [0.15, 0.2) is 5.82 Å². The summed E-state index contributed by atoms with van der Waals surface area (Å²) < 4.78 is 10.7. The Hall–Kier alpha value is -1.43. The molecule has 21 heavy (non-hydrogen) atoms. The van der Waals surface area contributed by atoms with E-state index in [4.69, 9.17) is 14.4 Å². The number of aliphatic carboxylic acids is 1. The van der Waals surface area contributed by atoms with Crippen LogP contribution in [-0.4, -0.2) is 34.4 Å². The first-order valence-corrected chi connectivity index (χ1v) is 7.79. The lowest BCUT2D eigenvalue weighted by Crippen LogP contribution is -2.24. The maximum absolute atomic E-state index is 11.1. The largest absolute Gasteiger partial charge is 0.481 e. The van der Waals surface area contributed by atoms with Crippen LogP contribution >= 0.6 is 0 Å². The Balaban J connectivity index is 1.68. The molecular formula is C15H22N2O4. The van der Waals surface area contributed by atoms with Crippen molar-refractivity contribution >= 4 is 5.97 Å².